The number of aliphatic hydroxyl groups excluding tert-OH is 1. The van der Waals surface area contributed by atoms with Crippen LogP contribution in [0.4, 0.5) is 4.79 Å². The second-order valence-electron chi connectivity index (χ2n) is 11.5. The Labute approximate surface area is 239 Å². The molecular formula is C27H42N4O6S2. The zero-order valence-electron chi connectivity index (χ0n) is 23.8. The Bertz CT molecular complexity index is 996. The number of rotatable bonds is 10. The van der Waals surface area contributed by atoms with Crippen LogP contribution in [0.1, 0.15) is 47.1 Å². The molecule has 4 atom stereocenters. The quantitative estimate of drug-likeness (QED) is 0.330. The van der Waals surface area contributed by atoms with E-state index in [0.717, 1.165) is 5.56 Å². The first-order valence-electron chi connectivity index (χ1n) is 12.8. The van der Waals surface area contributed by atoms with Crippen molar-refractivity contribution in [3.05, 3.63) is 35.9 Å². The standard InChI is InChI=1S/C27H42N4O6S2/c1-26(2,3)30-23(34)20-15-39-16-31(20)24(35)21(32)18(13-17-11-9-8-10-12-17)28-22(33)19(14-38-7)29-25(36)37-27(4,5)6/h8-12,18-21,32H,13-16H2,1-7H3,(H,28,33)(H,29,36)(H,30,34)/t18-,19-,20-,21-/m0/s1. The van der Waals surface area contributed by atoms with Gasteiger partial charge in [-0.3, -0.25) is 14.4 Å². The third-order valence-corrected chi connectivity index (χ3v) is 7.25. The summed E-state index contributed by atoms with van der Waals surface area (Å²) >= 11 is 2.78. The van der Waals surface area contributed by atoms with Crippen LogP contribution in [-0.2, 0) is 25.5 Å². The van der Waals surface area contributed by atoms with Crippen molar-refractivity contribution in [1.82, 2.24) is 20.9 Å². The average molecular weight is 583 g/mol. The lowest BCUT2D eigenvalue weighted by Gasteiger charge is -2.32. The number of carbonyl (C=O) groups is 4. The largest absolute Gasteiger partial charge is 0.444 e. The fraction of sp³-hybridized carbons (Fsp3) is 0.630. The average Bonchev–Trinajstić information content (AvgIpc) is 3.31. The number of thioether (sulfide) groups is 2. The summed E-state index contributed by atoms with van der Waals surface area (Å²) < 4.78 is 5.30. The van der Waals surface area contributed by atoms with Crippen LogP contribution in [0, 0.1) is 0 Å². The van der Waals surface area contributed by atoms with E-state index in [1.165, 1.54) is 28.4 Å². The molecule has 4 N–H and O–H groups in total. The van der Waals surface area contributed by atoms with Gasteiger partial charge in [-0.25, -0.2) is 4.79 Å². The van der Waals surface area contributed by atoms with E-state index < -0.39 is 53.3 Å². The molecular weight excluding hydrogens is 540 g/mol. The van der Waals surface area contributed by atoms with Gasteiger partial charge in [0.2, 0.25) is 11.8 Å². The fourth-order valence-electron chi connectivity index (χ4n) is 3.86. The number of ether oxygens (including phenoxy) is 1. The Morgan fingerprint density at radius 2 is 1.74 bits per heavy atom. The first-order valence-corrected chi connectivity index (χ1v) is 15.4. The van der Waals surface area contributed by atoms with E-state index in [0.29, 0.717) is 5.75 Å². The highest BCUT2D eigenvalue weighted by molar-refractivity contribution is 7.99. The smallest absolute Gasteiger partial charge is 0.408 e. The topological polar surface area (TPSA) is 137 Å². The summed E-state index contributed by atoms with van der Waals surface area (Å²) in [7, 11) is 0. The molecule has 1 fully saturated rings. The van der Waals surface area contributed by atoms with Gasteiger partial charge in [0.05, 0.1) is 11.9 Å². The highest BCUT2D eigenvalue weighted by Crippen LogP contribution is 2.24. The van der Waals surface area contributed by atoms with Crippen molar-refractivity contribution < 1.29 is 29.0 Å². The molecule has 10 nitrogen and oxygen atoms in total. The van der Waals surface area contributed by atoms with Crippen LogP contribution in [0.5, 0.6) is 0 Å². The number of hydrogen-bond acceptors (Lipinski definition) is 8. The molecule has 1 saturated heterocycles. The summed E-state index contributed by atoms with van der Waals surface area (Å²) in [5.41, 5.74) is -0.421. The van der Waals surface area contributed by atoms with Gasteiger partial charge in [-0.1, -0.05) is 30.3 Å². The number of carbonyl (C=O) groups excluding carboxylic acids is 4. The maximum Gasteiger partial charge on any atom is 0.408 e. The monoisotopic (exact) mass is 582 g/mol. The summed E-state index contributed by atoms with van der Waals surface area (Å²) in [4.78, 5) is 53.4. The van der Waals surface area contributed by atoms with E-state index in [2.05, 4.69) is 16.0 Å². The van der Waals surface area contributed by atoms with Crippen LogP contribution in [0.25, 0.3) is 0 Å². The molecule has 2 rings (SSSR count). The number of benzene rings is 1. The summed E-state index contributed by atoms with van der Waals surface area (Å²) in [6.45, 7) is 10.7. The Balaban J connectivity index is 2.24. The highest BCUT2D eigenvalue weighted by atomic mass is 32.2. The van der Waals surface area contributed by atoms with Crippen molar-refractivity contribution in [3.8, 4) is 0 Å². The zero-order valence-corrected chi connectivity index (χ0v) is 25.4. The van der Waals surface area contributed by atoms with Gasteiger partial charge in [-0.2, -0.15) is 11.8 Å². The highest BCUT2D eigenvalue weighted by Gasteiger charge is 2.41. The van der Waals surface area contributed by atoms with Crippen molar-refractivity contribution in [2.45, 2.75) is 83.3 Å². The number of nitrogens with zero attached hydrogens (tertiary/aromatic N) is 1. The number of nitrogens with one attached hydrogen (secondary N) is 3. The summed E-state index contributed by atoms with van der Waals surface area (Å²) in [5.74, 6) is -0.577. The third kappa shape index (κ3) is 10.9. The molecule has 0 aliphatic carbocycles. The molecule has 1 aliphatic rings. The lowest BCUT2D eigenvalue weighted by molar-refractivity contribution is -0.147. The molecule has 0 unspecified atom stereocenters. The molecule has 4 amide bonds. The predicted octanol–water partition coefficient (Wildman–Crippen LogP) is 2.15. The maximum atomic E-state index is 13.5. The van der Waals surface area contributed by atoms with Gasteiger partial charge in [0, 0.05) is 17.0 Å². The Morgan fingerprint density at radius 1 is 1.10 bits per heavy atom. The first-order chi connectivity index (χ1) is 18.1. The van der Waals surface area contributed by atoms with Gasteiger partial charge in [-0.05, 0) is 59.8 Å². The van der Waals surface area contributed by atoms with E-state index in [9.17, 15) is 24.3 Å². The summed E-state index contributed by atoms with van der Waals surface area (Å²) in [6.07, 6.45) is -0.397. The Morgan fingerprint density at radius 3 is 2.31 bits per heavy atom. The minimum absolute atomic E-state index is 0.164. The van der Waals surface area contributed by atoms with Crippen molar-refractivity contribution in [2.75, 3.05) is 23.6 Å². The van der Waals surface area contributed by atoms with Gasteiger partial charge in [0.1, 0.15) is 17.7 Å². The SMILES string of the molecule is CSC[C@H](NC(=O)OC(C)(C)C)C(=O)N[C@@H](Cc1ccccc1)[C@H](O)C(=O)N1CSC[C@H]1C(=O)NC(C)(C)C. The van der Waals surface area contributed by atoms with E-state index in [4.69, 9.17) is 4.74 Å². The Kier molecular flexibility index (Phi) is 12.0. The summed E-state index contributed by atoms with van der Waals surface area (Å²) in [6, 6.07) is 6.47. The minimum atomic E-state index is -1.62. The lowest BCUT2D eigenvalue weighted by atomic mass is 9.99. The first kappa shape index (κ1) is 32.8. The maximum absolute atomic E-state index is 13.5. The van der Waals surface area contributed by atoms with Crippen molar-refractivity contribution >= 4 is 47.3 Å². The van der Waals surface area contributed by atoms with Gasteiger partial charge in [0.15, 0.2) is 6.10 Å². The normalized spacial score (nSPS) is 18.1. The predicted molar refractivity (Wildman–Crippen MR) is 155 cm³/mol. The van der Waals surface area contributed by atoms with Crippen molar-refractivity contribution in [2.24, 2.45) is 0 Å². The molecule has 1 aliphatic heterocycles. The second kappa shape index (κ2) is 14.3. The van der Waals surface area contributed by atoms with Gasteiger partial charge in [-0.15, -0.1) is 11.8 Å². The van der Waals surface area contributed by atoms with Gasteiger partial charge in [0.25, 0.3) is 5.91 Å². The van der Waals surface area contributed by atoms with Gasteiger partial charge >= 0.3 is 6.09 Å². The molecule has 0 aromatic heterocycles. The third-order valence-electron chi connectivity index (χ3n) is 5.57. The van der Waals surface area contributed by atoms with Crippen LogP contribution < -0.4 is 16.0 Å². The molecule has 0 radical (unpaired) electrons. The molecule has 218 valence electrons. The van der Waals surface area contributed by atoms with Crippen molar-refractivity contribution in [3.63, 3.8) is 0 Å². The van der Waals surface area contributed by atoms with Gasteiger partial charge < -0.3 is 30.7 Å². The fourth-order valence-corrected chi connectivity index (χ4v) is 5.60. The van der Waals surface area contributed by atoms with E-state index >= 15 is 0 Å². The molecule has 1 aromatic carbocycles. The van der Waals surface area contributed by atoms with Crippen LogP contribution in [0.15, 0.2) is 30.3 Å². The number of alkyl carbamates (subject to hydrolysis) is 1. The summed E-state index contributed by atoms with van der Waals surface area (Å²) in [5, 5.41) is 19.5. The Hall–Kier alpha value is -2.44. The molecule has 39 heavy (non-hydrogen) atoms. The van der Waals surface area contributed by atoms with Crippen LogP contribution >= 0.6 is 23.5 Å². The molecule has 1 heterocycles. The number of amides is 4. The minimum Gasteiger partial charge on any atom is -0.444 e. The van der Waals surface area contributed by atoms with E-state index in [1.54, 1.807) is 27.0 Å². The molecule has 0 saturated carbocycles. The van der Waals surface area contributed by atoms with Crippen molar-refractivity contribution in [1.29, 1.82) is 0 Å². The van der Waals surface area contributed by atoms with E-state index in [-0.39, 0.29) is 24.0 Å². The molecule has 12 heteroatoms. The number of hydrogen-bond donors (Lipinski definition) is 4. The second-order valence-corrected chi connectivity index (χ2v) is 13.4. The van der Waals surface area contributed by atoms with Crippen LogP contribution in [0.3, 0.4) is 0 Å². The molecule has 0 bridgehead atoms. The molecule has 1 aromatic rings. The van der Waals surface area contributed by atoms with Crippen LogP contribution in [0.2, 0.25) is 0 Å². The van der Waals surface area contributed by atoms with E-state index in [1.807, 2.05) is 51.1 Å². The molecule has 0 spiro atoms. The zero-order chi connectivity index (χ0) is 29.4. The number of aliphatic hydroxyl groups is 1. The van der Waals surface area contributed by atoms with Crippen LogP contribution in [-0.4, -0.2) is 92.8 Å². The lowest BCUT2D eigenvalue weighted by Crippen LogP contribution is -2.59.